The van der Waals surface area contributed by atoms with Gasteiger partial charge in [0.1, 0.15) is 5.78 Å². The molecule has 1 aliphatic heterocycles. The van der Waals surface area contributed by atoms with Crippen molar-refractivity contribution in [1.29, 1.82) is 0 Å². The molecule has 3 rings (SSSR count). The molecule has 0 aliphatic carbocycles. The molecule has 0 saturated carbocycles. The third kappa shape index (κ3) is 2.24. The molecule has 20 heavy (non-hydrogen) atoms. The molecule has 1 saturated heterocycles. The number of nitrogens with zero attached hydrogens (tertiary/aromatic N) is 2. The Bertz CT molecular complexity index is 632. The number of aryl methyl sites for hydroxylation is 1. The first-order chi connectivity index (χ1) is 9.70. The second-order valence-electron chi connectivity index (χ2n) is 5.56. The van der Waals surface area contributed by atoms with Crippen LogP contribution in [0.15, 0.2) is 24.3 Å². The Hall–Kier alpha value is -1.68. The van der Waals surface area contributed by atoms with Gasteiger partial charge < -0.3 is 5.32 Å². The highest BCUT2D eigenvalue weighted by Gasteiger charge is 2.29. The molecule has 2 heterocycles. The Balaban J connectivity index is 1.89. The van der Waals surface area contributed by atoms with Crippen LogP contribution in [0, 0.1) is 5.92 Å². The van der Waals surface area contributed by atoms with E-state index in [0.29, 0.717) is 18.2 Å². The third-order valence-electron chi connectivity index (χ3n) is 4.31. The molecule has 1 aliphatic rings. The number of benzene rings is 1. The minimum atomic E-state index is 0.139. The van der Waals surface area contributed by atoms with Crippen LogP contribution in [0.3, 0.4) is 0 Å². The van der Waals surface area contributed by atoms with E-state index in [1.807, 2.05) is 16.8 Å². The number of carbonyl (C=O) groups is 1. The summed E-state index contributed by atoms with van der Waals surface area (Å²) in [4.78, 5) is 12.5. The number of rotatable bonds is 4. The van der Waals surface area contributed by atoms with Crippen molar-refractivity contribution >= 4 is 16.7 Å². The zero-order chi connectivity index (χ0) is 14.1. The lowest BCUT2D eigenvalue weighted by Crippen LogP contribution is -2.29. The number of hydrogen-bond donors (Lipinski definition) is 1. The van der Waals surface area contributed by atoms with Gasteiger partial charge in [-0.3, -0.25) is 9.48 Å². The number of ketones is 1. The number of para-hydroxylation sites is 1. The Kier molecular flexibility index (Phi) is 3.57. The summed E-state index contributed by atoms with van der Waals surface area (Å²) in [6, 6.07) is 8.46. The molecule has 0 spiro atoms. The molecule has 2 atom stereocenters. The van der Waals surface area contributed by atoms with E-state index in [-0.39, 0.29) is 5.92 Å². The predicted octanol–water partition coefficient (Wildman–Crippen LogP) is 2.17. The van der Waals surface area contributed by atoms with Crippen LogP contribution in [-0.4, -0.2) is 28.2 Å². The van der Waals surface area contributed by atoms with E-state index in [1.54, 1.807) is 0 Å². The smallest absolute Gasteiger partial charge is 0.143 e. The van der Waals surface area contributed by atoms with E-state index < -0.39 is 0 Å². The number of nitrogens with one attached hydrogen (secondary N) is 1. The first-order valence-corrected chi connectivity index (χ1v) is 7.41. The standard InChI is InChI=1S/C16H21N3O/c1-3-19-15-7-5-4-6-13(15)14(18-19)10-16(20)12-8-9-17-11(12)2/h4-7,11-12,17H,3,8-10H2,1-2H3. The largest absolute Gasteiger partial charge is 0.314 e. The van der Waals surface area contributed by atoms with Crippen LogP contribution in [-0.2, 0) is 17.8 Å². The normalized spacial score (nSPS) is 22.5. The molecule has 1 N–H and O–H groups in total. The summed E-state index contributed by atoms with van der Waals surface area (Å²) >= 11 is 0. The summed E-state index contributed by atoms with van der Waals surface area (Å²) in [5.41, 5.74) is 2.04. The fraction of sp³-hybridized carbons (Fsp3) is 0.500. The molecule has 2 unspecified atom stereocenters. The second-order valence-corrected chi connectivity index (χ2v) is 5.56. The fourth-order valence-electron chi connectivity index (χ4n) is 3.16. The van der Waals surface area contributed by atoms with E-state index in [0.717, 1.165) is 36.1 Å². The molecule has 0 bridgehead atoms. The maximum atomic E-state index is 12.5. The predicted molar refractivity (Wildman–Crippen MR) is 79.7 cm³/mol. The molecule has 0 radical (unpaired) electrons. The highest BCUT2D eigenvalue weighted by atomic mass is 16.1. The molecular formula is C16H21N3O. The Labute approximate surface area is 119 Å². The van der Waals surface area contributed by atoms with Crippen molar-refractivity contribution in [3.63, 3.8) is 0 Å². The first kappa shape index (κ1) is 13.3. The molecule has 0 amide bonds. The van der Waals surface area contributed by atoms with Crippen LogP contribution in [0.4, 0.5) is 0 Å². The van der Waals surface area contributed by atoms with Gasteiger partial charge in [-0.1, -0.05) is 18.2 Å². The first-order valence-electron chi connectivity index (χ1n) is 7.41. The summed E-state index contributed by atoms with van der Waals surface area (Å²) in [6.07, 6.45) is 1.40. The van der Waals surface area contributed by atoms with Gasteiger partial charge in [0.25, 0.3) is 0 Å². The molecule has 4 heteroatoms. The minimum absolute atomic E-state index is 0.139. The lowest BCUT2D eigenvalue weighted by Gasteiger charge is -2.12. The second kappa shape index (κ2) is 5.37. The average molecular weight is 271 g/mol. The van der Waals surface area contributed by atoms with Crippen molar-refractivity contribution in [1.82, 2.24) is 15.1 Å². The van der Waals surface area contributed by atoms with E-state index >= 15 is 0 Å². The van der Waals surface area contributed by atoms with Gasteiger partial charge in [0.2, 0.25) is 0 Å². The topological polar surface area (TPSA) is 46.9 Å². The third-order valence-corrected chi connectivity index (χ3v) is 4.31. The molecule has 2 aromatic rings. The Morgan fingerprint density at radius 2 is 2.25 bits per heavy atom. The molecule has 1 fully saturated rings. The van der Waals surface area contributed by atoms with Crippen LogP contribution in [0.5, 0.6) is 0 Å². The number of carbonyl (C=O) groups excluding carboxylic acids is 1. The maximum absolute atomic E-state index is 12.5. The van der Waals surface area contributed by atoms with Crippen LogP contribution in [0.25, 0.3) is 10.9 Å². The van der Waals surface area contributed by atoms with E-state index in [2.05, 4.69) is 36.4 Å². The average Bonchev–Trinajstić information content (AvgIpc) is 3.03. The zero-order valence-corrected chi connectivity index (χ0v) is 12.1. The molecule has 1 aromatic heterocycles. The van der Waals surface area contributed by atoms with Crippen molar-refractivity contribution < 1.29 is 4.79 Å². The molecule has 1 aromatic carbocycles. The van der Waals surface area contributed by atoms with Crippen molar-refractivity contribution in [2.45, 2.75) is 39.3 Å². The number of Topliss-reactive ketones (excluding diaryl/α,β-unsaturated/α-hetero) is 1. The van der Waals surface area contributed by atoms with Crippen LogP contribution >= 0.6 is 0 Å². The number of fused-ring (bicyclic) bond motifs is 1. The molecule has 4 nitrogen and oxygen atoms in total. The van der Waals surface area contributed by atoms with Crippen molar-refractivity contribution in [2.24, 2.45) is 5.92 Å². The Morgan fingerprint density at radius 1 is 1.45 bits per heavy atom. The quantitative estimate of drug-likeness (QED) is 0.927. The van der Waals surface area contributed by atoms with Crippen LogP contribution in [0.2, 0.25) is 0 Å². The van der Waals surface area contributed by atoms with E-state index in [1.165, 1.54) is 0 Å². The highest BCUT2D eigenvalue weighted by Crippen LogP contribution is 2.23. The van der Waals surface area contributed by atoms with Gasteiger partial charge in [0.15, 0.2) is 0 Å². The minimum Gasteiger partial charge on any atom is -0.314 e. The lowest BCUT2D eigenvalue weighted by molar-refractivity contribution is -0.122. The van der Waals surface area contributed by atoms with Gasteiger partial charge in [0.05, 0.1) is 17.6 Å². The van der Waals surface area contributed by atoms with Gasteiger partial charge in [0, 0.05) is 23.9 Å². The van der Waals surface area contributed by atoms with Crippen molar-refractivity contribution in [3.05, 3.63) is 30.0 Å². The van der Waals surface area contributed by atoms with Gasteiger partial charge in [-0.15, -0.1) is 0 Å². The van der Waals surface area contributed by atoms with Gasteiger partial charge in [-0.05, 0) is 32.9 Å². The molecule has 106 valence electrons. The summed E-state index contributed by atoms with van der Waals surface area (Å²) in [6.45, 7) is 5.95. The SMILES string of the molecule is CCn1nc(CC(=O)C2CCNC2C)c2ccccc21. The van der Waals surface area contributed by atoms with E-state index in [9.17, 15) is 4.79 Å². The van der Waals surface area contributed by atoms with Crippen LogP contribution in [0.1, 0.15) is 26.0 Å². The number of aromatic nitrogens is 2. The maximum Gasteiger partial charge on any atom is 0.143 e. The molecular weight excluding hydrogens is 250 g/mol. The lowest BCUT2D eigenvalue weighted by atomic mass is 9.93. The summed E-state index contributed by atoms with van der Waals surface area (Å²) in [7, 11) is 0. The summed E-state index contributed by atoms with van der Waals surface area (Å²) < 4.78 is 1.98. The van der Waals surface area contributed by atoms with Crippen molar-refractivity contribution in [2.75, 3.05) is 6.54 Å². The summed E-state index contributed by atoms with van der Waals surface area (Å²) in [5.74, 6) is 0.453. The zero-order valence-electron chi connectivity index (χ0n) is 12.1. The van der Waals surface area contributed by atoms with Crippen molar-refractivity contribution in [3.8, 4) is 0 Å². The monoisotopic (exact) mass is 271 g/mol. The Morgan fingerprint density at radius 3 is 2.95 bits per heavy atom. The van der Waals surface area contributed by atoms with Gasteiger partial charge >= 0.3 is 0 Å². The van der Waals surface area contributed by atoms with Crippen LogP contribution < -0.4 is 5.32 Å². The summed E-state index contributed by atoms with van der Waals surface area (Å²) in [5, 5.41) is 9.08. The fourth-order valence-corrected chi connectivity index (χ4v) is 3.16. The van der Waals surface area contributed by atoms with E-state index in [4.69, 9.17) is 0 Å². The van der Waals surface area contributed by atoms with Gasteiger partial charge in [-0.2, -0.15) is 5.10 Å². The number of hydrogen-bond acceptors (Lipinski definition) is 3. The highest BCUT2D eigenvalue weighted by molar-refractivity contribution is 5.90. The van der Waals surface area contributed by atoms with Gasteiger partial charge in [-0.25, -0.2) is 0 Å².